The van der Waals surface area contributed by atoms with Gasteiger partial charge in [-0.05, 0) is 19.3 Å². The van der Waals surface area contributed by atoms with Crippen LogP contribution in [0.1, 0.15) is 27.2 Å². The molecule has 0 heterocycles. The van der Waals surface area contributed by atoms with Crippen molar-refractivity contribution in [1.82, 2.24) is 5.32 Å². The average molecular weight is 208 g/mol. The summed E-state index contributed by atoms with van der Waals surface area (Å²) in [5.74, 6) is 1.39. The normalized spacial score (nSPS) is 13.6. The van der Waals surface area contributed by atoms with Crippen LogP contribution in [0.15, 0.2) is 0 Å². The summed E-state index contributed by atoms with van der Waals surface area (Å²) in [5.41, 5.74) is 0. The van der Waals surface area contributed by atoms with E-state index in [0.717, 1.165) is 32.1 Å². The number of halogens is 1. The monoisotopic (exact) mass is 207 g/mol. The summed E-state index contributed by atoms with van der Waals surface area (Å²) in [6.45, 7) is 9.03. The molecule has 13 heavy (non-hydrogen) atoms. The molecule has 0 aromatic rings. The van der Waals surface area contributed by atoms with Crippen molar-refractivity contribution in [1.29, 1.82) is 0 Å². The minimum atomic E-state index is 0.385. The highest BCUT2D eigenvalue weighted by Gasteiger charge is 1.97. The first-order valence-corrected chi connectivity index (χ1v) is 5.57. The Balaban J connectivity index is 2.99. The van der Waals surface area contributed by atoms with Crippen molar-refractivity contribution < 1.29 is 4.74 Å². The predicted molar refractivity (Wildman–Crippen MR) is 58.5 cm³/mol. The quantitative estimate of drug-likeness (QED) is 0.487. The second-order valence-electron chi connectivity index (χ2n) is 3.80. The standard InChI is InChI=1S/C10H22ClNO/c1-9(2)4-6-13-7-5-12-10(3)8-11/h9-10,12H,4-8H2,1-3H3. The molecule has 3 heteroatoms. The van der Waals surface area contributed by atoms with E-state index < -0.39 is 0 Å². The van der Waals surface area contributed by atoms with E-state index in [0.29, 0.717) is 11.9 Å². The van der Waals surface area contributed by atoms with Crippen molar-refractivity contribution in [3.8, 4) is 0 Å². The molecule has 0 saturated carbocycles. The number of nitrogens with one attached hydrogen (secondary N) is 1. The lowest BCUT2D eigenvalue weighted by atomic mass is 10.1. The Morgan fingerprint density at radius 2 is 1.92 bits per heavy atom. The fraction of sp³-hybridized carbons (Fsp3) is 1.00. The molecule has 2 nitrogen and oxygen atoms in total. The molecule has 0 aromatic heterocycles. The molecule has 80 valence electrons. The molecule has 0 saturated heterocycles. The zero-order valence-corrected chi connectivity index (χ0v) is 9.73. The van der Waals surface area contributed by atoms with Crippen molar-refractivity contribution >= 4 is 11.6 Å². The number of hydrogen-bond acceptors (Lipinski definition) is 2. The summed E-state index contributed by atoms with van der Waals surface area (Å²) in [5, 5.41) is 3.26. The molecule has 0 bridgehead atoms. The molecule has 1 N–H and O–H groups in total. The number of rotatable bonds is 8. The Morgan fingerprint density at radius 3 is 2.46 bits per heavy atom. The van der Waals surface area contributed by atoms with E-state index in [1.165, 1.54) is 0 Å². The molecule has 1 unspecified atom stereocenters. The molecular weight excluding hydrogens is 186 g/mol. The zero-order chi connectivity index (χ0) is 10.1. The summed E-state index contributed by atoms with van der Waals surface area (Å²) in [6, 6.07) is 0.385. The number of ether oxygens (including phenoxy) is 1. The van der Waals surface area contributed by atoms with E-state index in [9.17, 15) is 0 Å². The maximum absolute atomic E-state index is 5.63. The van der Waals surface area contributed by atoms with Gasteiger partial charge in [0.15, 0.2) is 0 Å². The van der Waals surface area contributed by atoms with Crippen LogP contribution in [-0.2, 0) is 4.74 Å². The maximum atomic E-state index is 5.63. The minimum Gasteiger partial charge on any atom is -0.380 e. The molecule has 0 aliphatic heterocycles. The van der Waals surface area contributed by atoms with Crippen molar-refractivity contribution in [3.63, 3.8) is 0 Å². The van der Waals surface area contributed by atoms with Crippen LogP contribution in [-0.4, -0.2) is 31.7 Å². The van der Waals surface area contributed by atoms with Gasteiger partial charge >= 0.3 is 0 Å². The van der Waals surface area contributed by atoms with Crippen LogP contribution in [0, 0.1) is 5.92 Å². The molecule has 0 rings (SSSR count). The van der Waals surface area contributed by atoms with Crippen molar-refractivity contribution in [2.75, 3.05) is 25.6 Å². The van der Waals surface area contributed by atoms with Gasteiger partial charge in [0.25, 0.3) is 0 Å². The summed E-state index contributed by atoms with van der Waals surface area (Å²) in [6.07, 6.45) is 1.14. The molecule has 0 aromatic carbocycles. The summed E-state index contributed by atoms with van der Waals surface area (Å²) >= 11 is 5.63. The average Bonchev–Trinajstić information content (AvgIpc) is 2.10. The van der Waals surface area contributed by atoms with Gasteiger partial charge in [0.2, 0.25) is 0 Å². The van der Waals surface area contributed by atoms with Gasteiger partial charge in [-0.15, -0.1) is 11.6 Å². The van der Waals surface area contributed by atoms with Crippen LogP contribution in [0.5, 0.6) is 0 Å². The fourth-order valence-electron chi connectivity index (χ4n) is 0.853. The number of hydrogen-bond donors (Lipinski definition) is 1. The van der Waals surface area contributed by atoms with E-state index in [-0.39, 0.29) is 0 Å². The largest absolute Gasteiger partial charge is 0.380 e. The lowest BCUT2D eigenvalue weighted by molar-refractivity contribution is 0.124. The van der Waals surface area contributed by atoms with Crippen molar-refractivity contribution in [3.05, 3.63) is 0 Å². The second-order valence-corrected chi connectivity index (χ2v) is 4.11. The predicted octanol–water partition coefficient (Wildman–Crippen LogP) is 2.27. The third-order valence-electron chi connectivity index (χ3n) is 1.81. The van der Waals surface area contributed by atoms with Crippen LogP contribution in [0.25, 0.3) is 0 Å². The summed E-state index contributed by atoms with van der Waals surface area (Å²) < 4.78 is 5.43. The van der Waals surface area contributed by atoms with Crippen LogP contribution in [0.2, 0.25) is 0 Å². The highest BCUT2D eigenvalue weighted by atomic mass is 35.5. The Morgan fingerprint density at radius 1 is 1.23 bits per heavy atom. The minimum absolute atomic E-state index is 0.385. The van der Waals surface area contributed by atoms with Gasteiger partial charge in [-0.3, -0.25) is 0 Å². The first-order valence-electron chi connectivity index (χ1n) is 5.04. The van der Waals surface area contributed by atoms with Gasteiger partial charge in [0, 0.05) is 25.1 Å². The molecule has 1 atom stereocenters. The highest BCUT2D eigenvalue weighted by Crippen LogP contribution is 1.98. The molecule has 0 aliphatic rings. The Labute approximate surface area is 87.0 Å². The Bertz CT molecular complexity index is 109. The first-order chi connectivity index (χ1) is 6.16. The third-order valence-corrected chi connectivity index (χ3v) is 2.27. The second kappa shape index (κ2) is 8.79. The fourth-order valence-corrected chi connectivity index (χ4v) is 0.962. The molecule has 0 fully saturated rings. The van der Waals surface area contributed by atoms with Crippen molar-refractivity contribution in [2.45, 2.75) is 33.2 Å². The first kappa shape index (κ1) is 13.2. The number of alkyl halides is 1. The summed E-state index contributed by atoms with van der Waals surface area (Å²) in [7, 11) is 0. The topological polar surface area (TPSA) is 21.3 Å². The van der Waals surface area contributed by atoms with Crippen molar-refractivity contribution in [2.24, 2.45) is 5.92 Å². The molecule has 0 spiro atoms. The van der Waals surface area contributed by atoms with Crippen LogP contribution < -0.4 is 5.32 Å². The zero-order valence-electron chi connectivity index (χ0n) is 8.98. The molecule has 0 aliphatic carbocycles. The van der Waals surface area contributed by atoms with E-state index in [1.807, 2.05) is 0 Å². The molecular formula is C10H22ClNO. The maximum Gasteiger partial charge on any atom is 0.0591 e. The van der Waals surface area contributed by atoms with Crippen LogP contribution >= 0.6 is 11.6 Å². The van der Waals surface area contributed by atoms with Gasteiger partial charge in [-0.25, -0.2) is 0 Å². The van der Waals surface area contributed by atoms with Gasteiger partial charge in [0.05, 0.1) is 6.61 Å². The van der Waals surface area contributed by atoms with E-state index >= 15 is 0 Å². The third kappa shape index (κ3) is 10.1. The SMILES string of the molecule is CC(C)CCOCCNC(C)CCl. The van der Waals surface area contributed by atoms with Gasteiger partial charge in [-0.1, -0.05) is 13.8 Å². The van der Waals surface area contributed by atoms with Gasteiger partial charge < -0.3 is 10.1 Å². The molecule has 0 radical (unpaired) electrons. The highest BCUT2D eigenvalue weighted by molar-refractivity contribution is 6.18. The van der Waals surface area contributed by atoms with E-state index in [1.54, 1.807) is 0 Å². The Kier molecular flexibility index (Phi) is 8.93. The van der Waals surface area contributed by atoms with E-state index in [2.05, 4.69) is 26.1 Å². The van der Waals surface area contributed by atoms with Gasteiger partial charge in [-0.2, -0.15) is 0 Å². The smallest absolute Gasteiger partial charge is 0.0591 e. The van der Waals surface area contributed by atoms with E-state index in [4.69, 9.17) is 16.3 Å². The van der Waals surface area contributed by atoms with Gasteiger partial charge in [0.1, 0.15) is 0 Å². The Hall–Kier alpha value is 0.210. The molecule has 0 amide bonds. The lowest BCUT2D eigenvalue weighted by Crippen LogP contribution is -2.30. The van der Waals surface area contributed by atoms with Crippen LogP contribution in [0.3, 0.4) is 0 Å². The lowest BCUT2D eigenvalue weighted by Gasteiger charge is -2.10. The summed E-state index contributed by atoms with van der Waals surface area (Å²) in [4.78, 5) is 0. The van der Waals surface area contributed by atoms with Crippen LogP contribution in [0.4, 0.5) is 0 Å².